The molecule has 4 nitrogen and oxygen atoms in total. The van der Waals surface area contributed by atoms with Gasteiger partial charge in [0, 0.05) is 10.0 Å². The van der Waals surface area contributed by atoms with Gasteiger partial charge in [0.2, 0.25) is 0 Å². The van der Waals surface area contributed by atoms with Crippen LogP contribution < -0.4 is 14.8 Å². The molecule has 1 amide bonds. The van der Waals surface area contributed by atoms with Gasteiger partial charge in [-0.3, -0.25) is 4.79 Å². The predicted octanol–water partition coefficient (Wildman–Crippen LogP) is 5.01. The zero-order chi connectivity index (χ0) is 19.4. The molecule has 1 aliphatic heterocycles. The third kappa shape index (κ3) is 5.12. The summed E-state index contributed by atoms with van der Waals surface area (Å²) in [6, 6.07) is 11.7. The second-order valence-corrected chi connectivity index (χ2v) is 8.59. The quantitative estimate of drug-likeness (QED) is 0.370. The van der Waals surface area contributed by atoms with Crippen LogP contribution in [0.5, 0.6) is 11.5 Å². The minimum absolute atomic E-state index is 0.186. The highest BCUT2D eigenvalue weighted by Gasteiger charge is 2.22. The van der Waals surface area contributed by atoms with Gasteiger partial charge in [0.05, 0.1) is 4.91 Å². The molecule has 2 aromatic carbocycles. The number of carbonyl (C=O) groups is 1. The fourth-order valence-corrected chi connectivity index (χ4v) is 4.06. The Labute approximate surface area is 176 Å². The highest BCUT2D eigenvalue weighted by Crippen LogP contribution is 2.31. The Morgan fingerprint density at radius 3 is 2.52 bits per heavy atom. The number of ether oxygens (including phenoxy) is 2. The maximum atomic E-state index is 11.9. The van der Waals surface area contributed by atoms with Crippen molar-refractivity contribution in [1.82, 2.24) is 5.32 Å². The van der Waals surface area contributed by atoms with Crippen LogP contribution in [0.3, 0.4) is 0 Å². The molecule has 1 fully saturated rings. The summed E-state index contributed by atoms with van der Waals surface area (Å²) in [5.41, 5.74) is 3.01. The molecule has 0 aliphatic carbocycles. The highest BCUT2D eigenvalue weighted by atomic mass is 79.9. The van der Waals surface area contributed by atoms with E-state index >= 15 is 0 Å². The van der Waals surface area contributed by atoms with Crippen molar-refractivity contribution in [3.63, 3.8) is 0 Å². The molecule has 0 atom stereocenters. The number of halogens is 1. The first-order chi connectivity index (χ1) is 12.9. The molecule has 140 valence electrons. The fourth-order valence-electron chi connectivity index (χ4n) is 2.65. The number of thioether (sulfide) groups is 1. The zero-order valence-corrected chi connectivity index (χ0v) is 18.1. The van der Waals surface area contributed by atoms with Crippen LogP contribution in [-0.4, -0.2) is 23.4 Å². The lowest BCUT2D eigenvalue weighted by Gasteiger charge is -2.14. The topological polar surface area (TPSA) is 47.6 Å². The molecule has 1 aliphatic rings. The molecule has 27 heavy (non-hydrogen) atoms. The Hall–Kier alpha value is -1.83. The van der Waals surface area contributed by atoms with Crippen molar-refractivity contribution in [1.29, 1.82) is 0 Å². The van der Waals surface area contributed by atoms with Crippen LogP contribution in [0.4, 0.5) is 0 Å². The van der Waals surface area contributed by atoms with E-state index in [0.29, 0.717) is 28.2 Å². The molecular formula is C20H18BrNO3S2. The van der Waals surface area contributed by atoms with Gasteiger partial charge < -0.3 is 14.8 Å². The number of benzene rings is 2. The first kappa shape index (κ1) is 19.9. The number of hydrogen-bond acceptors (Lipinski definition) is 5. The summed E-state index contributed by atoms with van der Waals surface area (Å²) in [7, 11) is 0. The maximum absolute atomic E-state index is 11.9. The normalized spacial score (nSPS) is 15.1. The van der Waals surface area contributed by atoms with E-state index in [1.807, 2.05) is 50.2 Å². The van der Waals surface area contributed by atoms with Gasteiger partial charge in [-0.05, 0) is 49.2 Å². The van der Waals surface area contributed by atoms with Crippen molar-refractivity contribution in [3.8, 4) is 11.5 Å². The molecule has 0 radical (unpaired) electrons. The fraction of sp³-hybridized carbons (Fsp3) is 0.200. The van der Waals surface area contributed by atoms with Gasteiger partial charge in [-0.2, -0.15) is 0 Å². The van der Waals surface area contributed by atoms with E-state index in [9.17, 15) is 4.79 Å². The maximum Gasteiger partial charge on any atom is 0.263 e. The lowest BCUT2D eigenvalue weighted by atomic mass is 10.1. The zero-order valence-electron chi connectivity index (χ0n) is 14.9. The molecule has 0 aromatic heterocycles. The Balaban J connectivity index is 1.68. The molecule has 0 spiro atoms. The van der Waals surface area contributed by atoms with Crippen molar-refractivity contribution in [2.45, 2.75) is 13.8 Å². The van der Waals surface area contributed by atoms with Crippen LogP contribution in [0, 0.1) is 13.8 Å². The van der Waals surface area contributed by atoms with Crippen LogP contribution in [0.25, 0.3) is 6.08 Å². The SMILES string of the molecule is Cc1cccc(C)c1OCCOc1ccc(Br)cc1/C=C1\SC(=S)NC1=O. The number of aryl methyl sites for hydroxylation is 2. The lowest BCUT2D eigenvalue weighted by Crippen LogP contribution is -2.17. The largest absolute Gasteiger partial charge is 0.489 e. The number of hydrogen-bond donors (Lipinski definition) is 1. The monoisotopic (exact) mass is 463 g/mol. The second-order valence-electron chi connectivity index (χ2n) is 5.95. The van der Waals surface area contributed by atoms with Gasteiger partial charge in [0.1, 0.15) is 29.0 Å². The van der Waals surface area contributed by atoms with E-state index in [-0.39, 0.29) is 5.91 Å². The summed E-state index contributed by atoms with van der Waals surface area (Å²) in [6.07, 6.45) is 1.78. The van der Waals surface area contributed by atoms with Crippen LogP contribution in [-0.2, 0) is 4.79 Å². The molecule has 2 aromatic rings. The van der Waals surface area contributed by atoms with E-state index in [0.717, 1.165) is 26.9 Å². The molecule has 1 saturated heterocycles. The van der Waals surface area contributed by atoms with E-state index in [1.165, 1.54) is 11.8 Å². The van der Waals surface area contributed by atoms with Crippen LogP contribution in [0.15, 0.2) is 45.8 Å². The predicted molar refractivity (Wildman–Crippen MR) is 117 cm³/mol. The summed E-state index contributed by atoms with van der Waals surface area (Å²) >= 11 is 9.74. The van der Waals surface area contributed by atoms with E-state index < -0.39 is 0 Å². The van der Waals surface area contributed by atoms with Crippen LogP contribution >= 0.6 is 39.9 Å². The third-order valence-electron chi connectivity index (χ3n) is 3.90. The summed E-state index contributed by atoms with van der Waals surface area (Å²) < 4.78 is 13.2. The first-order valence-corrected chi connectivity index (χ1v) is 10.3. The number of nitrogens with one attached hydrogen (secondary N) is 1. The standard InChI is InChI=1S/C20H18BrNO3S2/c1-12-4-3-5-13(2)18(12)25-9-8-24-16-7-6-15(21)10-14(16)11-17-19(23)22-20(26)27-17/h3-7,10-11H,8-9H2,1-2H3,(H,22,23,26)/b17-11-. The number of carbonyl (C=O) groups excluding carboxylic acids is 1. The second kappa shape index (κ2) is 8.91. The van der Waals surface area contributed by atoms with E-state index in [2.05, 4.69) is 21.2 Å². The van der Waals surface area contributed by atoms with Crippen molar-refractivity contribution >= 4 is 56.2 Å². The molecule has 0 unspecified atom stereocenters. The van der Waals surface area contributed by atoms with Crippen LogP contribution in [0.2, 0.25) is 0 Å². The molecule has 3 rings (SSSR count). The minimum Gasteiger partial charge on any atom is -0.489 e. The van der Waals surface area contributed by atoms with E-state index in [4.69, 9.17) is 21.7 Å². The molecule has 0 bridgehead atoms. The van der Waals surface area contributed by atoms with Gasteiger partial charge >= 0.3 is 0 Å². The number of rotatable bonds is 6. The number of amides is 1. The number of thiocarbonyl (C=S) groups is 1. The third-order valence-corrected chi connectivity index (χ3v) is 5.55. The average molecular weight is 464 g/mol. The van der Waals surface area contributed by atoms with Crippen molar-refractivity contribution in [3.05, 3.63) is 62.5 Å². The summed E-state index contributed by atoms with van der Waals surface area (Å²) in [6.45, 7) is 4.87. The highest BCUT2D eigenvalue weighted by molar-refractivity contribution is 9.10. The van der Waals surface area contributed by atoms with E-state index in [1.54, 1.807) is 6.08 Å². The van der Waals surface area contributed by atoms with Crippen molar-refractivity contribution < 1.29 is 14.3 Å². The Morgan fingerprint density at radius 1 is 1.15 bits per heavy atom. The number of para-hydroxylation sites is 1. The Kier molecular flexibility index (Phi) is 6.57. The molecule has 1 N–H and O–H groups in total. The molecule has 7 heteroatoms. The molecule has 1 heterocycles. The van der Waals surface area contributed by atoms with Gasteiger partial charge in [0.25, 0.3) is 5.91 Å². The van der Waals surface area contributed by atoms with Crippen molar-refractivity contribution in [2.24, 2.45) is 0 Å². The van der Waals surface area contributed by atoms with Crippen LogP contribution in [0.1, 0.15) is 16.7 Å². The molecule has 0 saturated carbocycles. The first-order valence-electron chi connectivity index (χ1n) is 8.30. The van der Waals surface area contributed by atoms with Gasteiger partial charge in [0.15, 0.2) is 0 Å². The Bertz CT molecular complexity index is 907. The Morgan fingerprint density at radius 2 is 1.85 bits per heavy atom. The summed E-state index contributed by atoms with van der Waals surface area (Å²) in [5, 5.41) is 2.62. The lowest BCUT2D eigenvalue weighted by molar-refractivity contribution is -0.115. The smallest absolute Gasteiger partial charge is 0.263 e. The average Bonchev–Trinajstić information content (AvgIpc) is 2.92. The minimum atomic E-state index is -0.186. The van der Waals surface area contributed by atoms with Crippen molar-refractivity contribution in [2.75, 3.05) is 13.2 Å². The van der Waals surface area contributed by atoms with Gasteiger partial charge in [-0.1, -0.05) is 58.1 Å². The summed E-state index contributed by atoms with van der Waals surface area (Å²) in [4.78, 5) is 12.5. The van der Waals surface area contributed by atoms with Gasteiger partial charge in [-0.15, -0.1) is 0 Å². The van der Waals surface area contributed by atoms with Gasteiger partial charge in [-0.25, -0.2) is 0 Å². The molecular weight excluding hydrogens is 446 g/mol. The summed E-state index contributed by atoms with van der Waals surface area (Å²) in [5.74, 6) is 1.39.